The summed E-state index contributed by atoms with van der Waals surface area (Å²) in [6.07, 6.45) is 15.6. The molecule has 2 unspecified atom stereocenters. The van der Waals surface area contributed by atoms with Crippen molar-refractivity contribution < 1.29 is 9.13 Å². The highest BCUT2D eigenvalue weighted by Gasteiger charge is 2.56. The highest BCUT2D eigenvalue weighted by Crippen LogP contribution is 2.45. The lowest BCUT2D eigenvalue weighted by Crippen LogP contribution is -2.07. The van der Waals surface area contributed by atoms with Crippen molar-refractivity contribution in [2.75, 3.05) is 0 Å². The first-order valence-electron chi connectivity index (χ1n) is 7.68. The molecule has 0 N–H and O–H groups in total. The molecule has 0 bridgehead atoms. The summed E-state index contributed by atoms with van der Waals surface area (Å²) in [5, 5.41) is 0. The lowest BCUT2D eigenvalue weighted by molar-refractivity contribution is 0.126. The molecule has 0 amide bonds. The van der Waals surface area contributed by atoms with E-state index in [1.807, 2.05) is 0 Å². The Morgan fingerprint density at radius 3 is 1.76 bits per heavy atom. The van der Waals surface area contributed by atoms with Crippen LogP contribution in [0.2, 0.25) is 0 Å². The molecule has 0 spiro atoms. The minimum Gasteiger partial charge on any atom is -0.334 e. The number of ether oxygens (including phenoxy) is 1. The van der Waals surface area contributed by atoms with Gasteiger partial charge in [0.05, 0.1) is 0 Å². The van der Waals surface area contributed by atoms with E-state index >= 15 is 0 Å². The quantitative estimate of drug-likeness (QED) is 0.536. The standard InChI is InChI=1S/C15H27FO/c16-15-13-11-9-7-5-3-1-2-4-6-8-10-12-14(15)17-15/h14H,1-13H2. The first-order valence-corrected chi connectivity index (χ1v) is 7.68. The van der Waals surface area contributed by atoms with E-state index in [4.69, 9.17) is 4.74 Å². The molecule has 1 nitrogen and oxygen atoms in total. The van der Waals surface area contributed by atoms with E-state index in [2.05, 4.69) is 0 Å². The fourth-order valence-corrected chi connectivity index (χ4v) is 2.98. The molecule has 1 saturated carbocycles. The summed E-state index contributed by atoms with van der Waals surface area (Å²) in [7, 11) is 0. The van der Waals surface area contributed by atoms with Gasteiger partial charge in [0.15, 0.2) is 0 Å². The van der Waals surface area contributed by atoms with Gasteiger partial charge in [0.25, 0.3) is 0 Å². The molecule has 2 fully saturated rings. The molecule has 2 aliphatic rings. The van der Waals surface area contributed by atoms with Gasteiger partial charge >= 0.3 is 0 Å². The topological polar surface area (TPSA) is 12.5 Å². The largest absolute Gasteiger partial charge is 0.334 e. The molecule has 0 aromatic rings. The van der Waals surface area contributed by atoms with Gasteiger partial charge < -0.3 is 4.74 Å². The van der Waals surface area contributed by atoms with E-state index in [-0.39, 0.29) is 6.10 Å². The molecular formula is C15H27FO. The maximum Gasteiger partial charge on any atom is 0.236 e. The molecule has 1 saturated heterocycles. The van der Waals surface area contributed by atoms with Gasteiger partial charge in [-0.25, -0.2) is 4.39 Å². The second-order valence-electron chi connectivity index (χ2n) is 5.82. The summed E-state index contributed by atoms with van der Waals surface area (Å²) in [6, 6.07) is 0. The minimum absolute atomic E-state index is 0.0624. The summed E-state index contributed by atoms with van der Waals surface area (Å²) in [5.41, 5.74) is 0. The normalized spacial score (nSPS) is 37.6. The summed E-state index contributed by atoms with van der Waals surface area (Å²) in [6.45, 7) is 0. The van der Waals surface area contributed by atoms with Crippen molar-refractivity contribution in [1.29, 1.82) is 0 Å². The predicted octanol–water partition coefficient (Wildman–Crippen LogP) is 5.14. The first-order chi connectivity index (χ1) is 8.31. The maximum atomic E-state index is 14.0. The minimum atomic E-state index is -1.22. The molecule has 2 heteroatoms. The Hall–Kier alpha value is -0.110. The van der Waals surface area contributed by atoms with Gasteiger partial charge in [0.2, 0.25) is 5.85 Å². The molecule has 100 valence electrons. The number of rotatable bonds is 0. The highest BCUT2D eigenvalue weighted by atomic mass is 19.2. The van der Waals surface area contributed by atoms with Crippen LogP contribution in [0.3, 0.4) is 0 Å². The Bertz CT molecular complexity index is 219. The summed E-state index contributed by atoms with van der Waals surface area (Å²) in [5.74, 6) is -1.22. The van der Waals surface area contributed by atoms with Gasteiger partial charge in [0, 0.05) is 6.42 Å². The SMILES string of the molecule is FC12CCCCCCCCCCCCCC1O2. The van der Waals surface area contributed by atoms with E-state index < -0.39 is 5.85 Å². The summed E-state index contributed by atoms with van der Waals surface area (Å²) < 4.78 is 19.2. The van der Waals surface area contributed by atoms with Crippen LogP contribution in [-0.4, -0.2) is 12.0 Å². The van der Waals surface area contributed by atoms with E-state index in [1.54, 1.807) is 0 Å². The summed E-state index contributed by atoms with van der Waals surface area (Å²) >= 11 is 0. The van der Waals surface area contributed by atoms with Crippen molar-refractivity contribution in [3.63, 3.8) is 0 Å². The number of hydrogen-bond acceptors (Lipinski definition) is 1. The van der Waals surface area contributed by atoms with E-state index in [9.17, 15) is 4.39 Å². The van der Waals surface area contributed by atoms with Crippen molar-refractivity contribution in [1.82, 2.24) is 0 Å². The first kappa shape index (κ1) is 13.3. The molecule has 0 aromatic carbocycles. The second-order valence-corrected chi connectivity index (χ2v) is 5.82. The Morgan fingerprint density at radius 2 is 1.18 bits per heavy atom. The number of hydrogen-bond donors (Lipinski definition) is 0. The van der Waals surface area contributed by atoms with Gasteiger partial charge in [-0.05, 0) is 12.8 Å². The van der Waals surface area contributed by atoms with Crippen LogP contribution in [-0.2, 0) is 4.74 Å². The van der Waals surface area contributed by atoms with Crippen molar-refractivity contribution in [2.24, 2.45) is 0 Å². The number of alkyl halides is 1. The average Bonchev–Trinajstić information content (AvgIpc) is 2.95. The highest BCUT2D eigenvalue weighted by molar-refractivity contribution is 4.93. The van der Waals surface area contributed by atoms with Crippen LogP contribution in [0, 0.1) is 0 Å². The van der Waals surface area contributed by atoms with Gasteiger partial charge in [-0.1, -0.05) is 64.2 Å². The maximum absolute atomic E-state index is 14.0. The fourth-order valence-electron chi connectivity index (χ4n) is 2.98. The Balaban J connectivity index is 1.68. The van der Waals surface area contributed by atoms with Gasteiger partial charge in [-0.3, -0.25) is 0 Å². The molecule has 1 heterocycles. The molecule has 0 aromatic heterocycles. The third kappa shape index (κ3) is 4.57. The van der Waals surface area contributed by atoms with Crippen LogP contribution in [0.15, 0.2) is 0 Å². The van der Waals surface area contributed by atoms with Gasteiger partial charge in [-0.2, -0.15) is 0 Å². The predicted molar refractivity (Wildman–Crippen MR) is 68.7 cm³/mol. The third-order valence-electron chi connectivity index (χ3n) is 4.25. The van der Waals surface area contributed by atoms with Crippen molar-refractivity contribution in [2.45, 2.75) is 95.4 Å². The summed E-state index contributed by atoms with van der Waals surface area (Å²) in [4.78, 5) is 0. The van der Waals surface area contributed by atoms with E-state index in [1.165, 1.54) is 57.8 Å². The molecule has 17 heavy (non-hydrogen) atoms. The third-order valence-corrected chi connectivity index (χ3v) is 4.25. The van der Waals surface area contributed by atoms with E-state index in [0.717, 1.165) is 19.3 Å². The van der Waals surface area contributed by atoms with Gasteiger partial charge in [0.1, 0.15) is 6.10 Å². The Kier molecular flexibility index (Phi) is 5.27. The zero-order valence-electron chi connectivity index (χ0n) is 11.1. The number of halogens is 1. The van der Waals surface area contributed by atoms with Crippen molar-refractivity contribution >= 4 is 0 Å². The van der Waals surface area contributed by atoms with Crippen LogP contribution in [0.4, 0.5) is 4.39 Å². The van der Waals surface area contributed by atoms with Crippen LogP contribution in [0.5, 0.6) is 0 Å². The molecule has 1 aliphatic heterocycles. The van der Waals surface area contributed by atoms with Crippen molar-refractivity contribution in [3.8, 4) is 0 Å². The van der Waals surface area contributed by atoms with Crippen LogP contribution < -0.4 is 0 Å². The monoisotopic (exact) mass is 242 g/mol. The molecule has 1 aliphatic carbocycles. The molecule has 2 atom stereocenters. The van der Waals surface area contributed by atoms with E-state index in [0.29, 0.717) is 6.42 Å². The average molecular weight is 242 g/mol. The molecule has 2 rings (SSSR count). The lowest BCUT2D eigenvalue weighted by Gasteiger charge is -2.03. The smallest absolute Gasteiger partial charge is 0.236 e. The number of fused-ring (bicyclic) bond motifs is 1. The Morgan fingerprint density at radius 1 is 0.706 bits per heavy atom. The zero-order chi connectivity index (χ0) is 12.0. The van der Waals surface area contributed by atoms with Crippen molar-refractivity contribution in [3.05, 3.63) is 0 Å². The number of epoxide rings is 1. The van der Waals surface area contributed by atoms with Gasteiger partial charge in [-0.15, -0.1) is 0 Å². The van der Waals surface area contributed by atoms with Crippen LogP contribution in [0.1, 0.15) is 83.5 Å². The Labute approximate surface area is 105 Å². The second kappa shape index (κ2) is 6.72. The fraction of sp³-hybridized carbons (Fsp3) is 1.00. The van der Waals surface area contributed by atoms with Crippen LogP contribution in [0.25, 0.3) is 0 Å². The lowest BCUT2D eigenvalue weighted by atomic mass is 10.0. The molecule has 0 radical (unpaired) electrons. The zero-order valence-corrected chi connectivity index (χ0v) is 11.1. The molecular weight excluding hydrogens is 215 g/mol. The van der Waals surface area contributed by atoms with Crippen LogP contribution >= 0.6 is 0 Å².